The first kappa shape index (κ1) is 29.0. The Balaban J connectivity index is 0.000000747. The average Bonchev–Trinajstić information content (AvgIpc) is 3.18. The molecule has 0 aromatic heterocycles. The summed E-state index contributed by atoms with van der Waals surface area (Å²) in [5.41, 5.74) is 1.03. The van der Waals surface area contributed by atoms with E-state index >= 15 is 0 Å². The van der Waals surface area contributed by atoms with E-state index in [9.17, 15) is 14.7 Å². The molecule has 9 atom stereocenters. The molecular weight excluding hydrogens is 487 g/mol. The molecule has 0 saturated heterocycles. The van der Waals surface area contributed by atoms with Crippen LogP contribution in [0.3, 0.4) is 0 Å². The Morgan fingerprint density at radius 3 is 2.08 bits per heavy atom. The number of allylic oxidation sites excluding steroid dienone is 1. The van der Waals surface area contributed by atoms with E-state index in [1.165, 1.54) is 18.4 Å². The zero-order valence-corrected chi connectivity index (χ0v) is 24.7. The van der Waals surface area contributed by atoms with Crippen molar-refractivity contribution in [1.82, 2.24) is 0 Å². The summed E-state index contributed by atoms with van der Waals surface area (Å²) in [6.45, 7) is 18.5. The molecule has 5 aliphatic rings. The Kier molecular flexibility index (Phi) is 7.30. The van der Waals surface area contributed by atoms with E-state index in [-0.39, 0.29) is 27.6 Å². The van der Waals surface area contributed by atoms with Crippen LogP contribution in [-0.2, 0) is 14.2 Å². The largest absolute Gasteiger partial charge is 0.481 e. The van der Waals surface area contributed by atoms with Crippen molar-refractivity contribution in [2.75, 3.05) is 0 Å². The standard InChI is InChI=1S/C30H46O3.H3O3P/c1-18(2)19-10-15-30(25(32)33)17-16-28(6)20(24(19)30)8-9-22-27(5)13-12-23(31)26(3,4)21(27)11-14-29(22,28)7;1-4(2)3/h19-22,24H,1,8-17H2,2-7H3,(H,32,33);4H,(H2,1,2,3)/t19-,20+,21-,22+,24+,27-,28+,29+,30-;/m0./s1. The number of hydrogen-bond acceptors (Lipinski definition) is 3. The summed E-state index contributed by atoms with van der Waals surface area (Å²) >= 11 is 0. The highest BCUT2D eigenvalue weighted by atomic mass is 31.1. The van der Waals surface area contributed by atoms with Crippen molar-refractivity contribution >= 4 is 20.0 Å². The van der Waals surface area contributed by atoms with Crippen LogP contribution in [-0.4, -0.2) is 26.6 Å². The van der Waals surface area contributed by atoms with Crippen LogP contribution in [0.4, 0.5) is 0 Å². The molecule has 37 heavy (non-hydrogen) atoms. The van der Waals surface area contributed by atoms with Crippen LogP contribution >= 0.6 is 8.25 Å². The van der Waals surface area contributed by atoms with Crippen LogP contribution in [0, 0.1) is 56.7 Å². The summed E-state index contributed by atoms with van der Waals surface area (Å²) in [4.78, 5) is 40.0. The van der Waals surface area contributed by atoms with Gasteiger partial charge < -0.3 is 14.9 Å². The van der Waals surface area contributed by atoms with Gasteiger partial charge >= 0.3 is 14.2 Å². The van der Waals surface area contributed by atoms with Crippen LogP contribution in [0.1, 0.15) is 106 Å². The van der Waals surface area contributed by atoms with Gasteiger partial charge in [-0.15, -0.1) is 0 Å². The number of aliphatic carboxylic acids is 1. The number of ketones is 1. The molecule has 0 aromatic rings. The molecule has 5 fully saturated rings. The minimum atomic E-state index is -3.13. The van der Waals surface area contributed by atoms with E-state index in [1.807, 2.05) is 0 Å². The van der Waals surface area contributed by atoms with E-state index in [4.69, 9.17) is 14.4 Å². The Morgan fingerprint density at radius 2 is 1.51 bits per heavy atom. The van der Waals surface area contributed by atoms with Crippen LogP contribution < -0.4 is 0 Å². The van der Waals surface area contributed by atoms with Crippen LogP contribution in [0.15, 0.2) is 12.2 Å². The number of carbonyl (C=O) groups is 2. The Hall–Kier alpha value is -0.970. The molecule has 0 bridgehead atoms. The molecule has 5 saturated carbocycles. The van der Waals surface area contributed by atoms with Crippen molar-refractivity contribution in [2.45, 2.75) is 106 Å². The maximum atomic E-state index is 12.9. The summed E-state index contributed by atoms with van der Waals surface area (Å²) < 4.78 is 8.74. The normalized spacial score (nSPS) is 48.0. The van der Waals surface area contributed by atoms with Gasteiger partial charge in [-0.1, -0.05) is 46.8 Å². The Morgan fingerprint density at radius 1 is 0.892 bits per heavy atom. The zero-order chi connectivity index (χ0) is 27.8. The second-order valence-corrected chi connectivity index (χ2v) is 15.1. The predicted molar refractivity (Wildman–Crippen MR) is 145 cm³/mol. The van der Waals surface area contributed by atoms with E-state index in [0.29, 0.717) is 29.5 Å². The maximum Gasteiger partial charge on any atom is 0.314 e. The van der Waals surface area contributed by atoms with Gasteiger partial charge in [0.15, 0.2) is 0 Å². The summed E-state index contributed by atoms with van der Waals surface area (Å²) in [6, 6.07) is 0. The lowest BCUT2D eigenvalue weighted by atomic mass is 9.32. The fraction of sp³-hybridized carbons (Fsp3) is 0.867. The number of carboxylic acid groups (broad SMARTS) is 1. The molecule has 5 aliphatic carbocycles. The minimum Gasteiger partial charge on any atom is -0.481 e. The molecule has 7 heteroatoms. The van der Waals surface area contributed by atoms with Gasteiger partial charge in [-0.3, -0.25) is 14.2 Å². The second kappa shape index (κ2) is 9.30. The van der Waals surface area contributed by atoms with E-state index in [1.54, 1.807) is 0 Å². The molecule has 5 rings (SSSR count). The smallest absolute Gasteiger partial charge is 0.314 e. The van der Waals surface area contributed by atoms with Gasteiger partial charge in [-0.25, -0.2) is 0 Å². The summed E-state index contributed by atoms with van der Waals surface area (Å²) in [5.74, 6) is 2.07. The topological polar surface area (TPSA) is 112 Å². The first-order valence-electron chi connectivity index (χ1n) is 14.3. The van der Waals surface area contributed by atoms with Gasteiger partial charge in [-0.05, 0) is 111 Å². The molecule has 0 spiro atoms. The molecule has 0 heterocycles. The molecule has 0 aromatic carbocycles. The minimum absolute atomic E-state index is 0.164. The fourth-order valence-electron chi connectivity index (χ4n) is 11.3. The van der Waals surface area contributed by atoms with E-state index < -0.39 is 19.6 Å². The van der Waals surface area contributed by atoms with Crippen molar-refractivity contribution in [1.29, 1.82) is 0 Å². The van der Waals surface area contributed by atoms with Crippen LogP contribution in [0.5, 0.6) is 0 Å². The van der Waals surface area contributed by atoms with Crippen LogP contribution in [0.2, 0.25) is 0 Å². The lowest BCUT2D eigenvalue weighted by Gasteiger charge is -2.72. The average molecular weight is 537 g/mol. The van der Waals surface area contributed by atoms with Gasteiger partial charge in [-0.2, -0.15) is 0 Å². The van der Waals surface area contributed by atoms with Gasteiger partial charge in [0.2, 0.25) is 0 Å². The molecular formula is C30H49O6P. The second-order valence-electron chi connectivity index (χ2n) is 14.6. The monoisotopic (exact) mass is 536 g/mol. The highest BCUT2D eigenvalue weighted by Crippen LogP contribution is 2.77. The summed E-state index contributed by atoms with van der Waals surface area (Å²) in [6.07, 6.45) is 10.1. The SMILES string of the molecule is C=C(C)[C@@H]1CC[C@]2(C(=O)O)CC[C@]3(C)[C@H](CC[C@@H]4[C@@]5(C)CCC(=O)C(C)(C)[C@@H]5CC[C@]43C)[C@@H]12.O=[PH](O)O. The third-order valence-electron chi connectivity index (χ3n) is 13.2. The third kappa shape index (κ3) is 3.98. The number of hydrogen-bond donors (Lipinski definition) is 3. The first-order valence-corrected chi connectivity index (χ1v) is 15.6. The molecule has 0 unspecified atom stereocenters. The number of rotatable bonds is 2. The van der Waals surface area contributed by atoms with Gasteiger partial charge in [0.05, 0.1) is 5.41 Å². The number of Topliss-reactive ketones (excluding diaryl/α,β-unsaturated/α-hetero) is 1. The quantitative estimate of drug-likeness (QED) is 0.269. The van der Waals surface area contributed by atoms with Crippen molar-refractivity contribution in [3.8, 4) is 0 Å². The Labute approximate surface area is 223 Å². The van der Waals surface area contributed by atoms with Crippen molar-refractivity contribution in [3.05, 3.63) is 12.2 Å². The van der Waals surface area contributed by atoms with Gasteiger partial charge in [0.1, 0.15) is 5.78 Å². The summed E-state index contributed by atoms with van der Waals surface area (Å²) in [5, 5.41) is 10.5. The molecule has 6 nitrogen and oxygen atoms in total. The molecule has 0 aliphatic heterocycles. The van der Waals surface area contributed by atoms with Crippen molar-refractivity contribution < 1.29 is 29.0 Å². The lowest BCUT2D eigenvalue weighted by Crippen LogP contribution is -2.66. The van der Waals surface area contributed by atoms with E-state index in [0.717, 1.165) is 51.4 Å². The zero-order valence-electron chi connectivity index (χ0n) is 23.7. The number of carboxylic acids is 1. The number of fused-ring (bicyclic) bond motifs is 7. The van der Waals surface area contributed by atoms with Gasteiger partial charge in [0.25, 0.3) is 0 Å². The predicted octanol–water partition coefficient (Wildman–Crippen LogP) is 6.66. The molecule has 210 valence electrons. The van der Waals surface area contributed by atoms with Crippen molar-refractivity contribution in [3.63, 3.8) is 0 Å². The highest BCUT2D eigenvalue weighted by Gasteiger charge is 2.72. The fourth-order valence-corrected chi connectivity index (χ4v) is 11.3. The van der Waals surface area contributed by atoms with Gasteiger partial charge in [0, 0.05) is 11.8 Å². The maximum absolute atomic E-state index is 12.9. The summed E-state index contributed by atoms with van der Waals surface area (Å²) in [7, 11) is -3.13. The van der Waals surface area contributed by atoms with E-state index in [2.05, 4.69) is 48.1 Å². The highest BCUT2D eigenvalue weighted by molar-refractivity contribution is 7.30. The Bertz CT molecular complexity index is 1000. The lowest BCUT2D eigenvalue weighted by molar-refractivity contribution is -0.235. The third-order valence-corrected chi connectivity index (χ3v) is 13.2. The molecule has 0 amide bonds. The van der Waals surface area contributed by atoms with Crippen molar-refractivity contribution in [2.24, 2.45) is 56.7 Å². The van der Waals surface area contributed by atoms with Crippen LogP contribution in [0.25, 0.3) is 0 Å². The first-order chi connectivity index (χ1) is 17.0. The molecule has 3 N–H and O–H groups in total. The number of carbonyl (C=O) groups excluding carboxylic acids is 1. The molecule has 0 radical (unpaired) electrons.